The number of hydrogen-bond donors (Lipinski definition) is 3. The normalized spacial score (nSPS) is 12.6. The molecule has 2 amide bonds. The van der Waals surface area contributed by atoms with Crippen molar-refractivity contribution in [1.82, 2.24) is 25.2 Å². The summed E-state index contributed by atoms with van der Waals surface area (Å²) < 4.78 is 7.43. The molecule has 0 spiro atoms. The molecule has 0 bridgehead atoms. The number of fused-ring (bicyclic) bond motifs is 2. The molecule has 3 N–H and O–H groups in total. The summed E-state index contributed by atoms with van der Waals surface area (Å²) in [5, 5.41) is 6.75. The zero-order valence-corrected chi connectivity index (χ0v) is 20.0. The Morgan fingerprint density at radius 2 is 1.85 bits per heavy atom. The van der Waals surface area contributed by atoms with Crippen LogP contribution in [0.4, 0.5) is 4.79 Å². The highest BCUT2D eigenvalue weighted by Crippen LogP contribution is 2.22. The van der Waals surface area contributed by atoms with Crippen molar-refractivity contribution in [2.24, 2.45) is 7.05 Å². The van der Waals surface area contributed by atoms with E-state index in [1.807, 2.05) is 66.3 Å². The van der Waals surface area contributed by atoms with Crippen LogP contribution in [0.2, 0.25) is 0 Å². The van der Waals surface area contributed by atoms with E-state index in [1.54, 1.807) is 20.8 Å². The highest BCUT2D eigenvalue weighted by atomic mass is 16.6. The first-order valence-electron chi connectivity index (χ1n) is 11.4. The topological polar surface area (TPSA) is 101 Å². The first kappa shape index (κ1) is 23.4. The number of alkyl carbamates (subject to hydrolysis) is 1. The van der Waals surface area contributed by atoms with E-state index < -0.39 is 17.7 Å². The molecular formula is C26H31N5O3. The maximum absolute atomic E-state index is 13.1. The van der Waals surface area contributed by atoms with Gasteiger partial charge in [-0.2, -0.15) is 0 Å². The van der Waals surface area contributed by atoms with E-state index in [4.69, 9.17) is 4.74 Å². The number of nitrogens with zero attached hydrogens (tertiary/aromatic N) is 2. The average Bonchev–Trinajstić information content (AvgIpc) is 3.32. The number of para-hydroxylation sites is 3. The van der Waals surface area contributed by atoms with Crippen LogP contribution in [-0.2, 0) is 29.4 Å². The molecule has 8 nitrogen and oxygen atoms in total. The van der Waals surface area contributed by atoms with Crippen molar-refractivity contribution in [2.75, 3.05) is 6.54 Å². The molecular weight excluding hydrogens is 430 g/mol. The van der Waals surface area contributed by atoms with E-state index >= 15 is 0 Å². The predicted molar refractivity (Wildman–Crippen MR) is 133 cm³/mol. The Morgan fingerprint density at radius 3 is 2.62 bits per heavy atom. The standard InChI is InChI=1S/C26H31N5O3/c1-26(2,3)34-25(33)30-21(15-17-16-31(4)22-12-8-5-9-18(17)22)24(32)27-14-13-23-28-19-10-6-7-11-20(19)29-23/h5-12,16,21H,13-15H2,1-4H3,(H,27,32)(H,28,29)(H,30,33). The van der Waals surface area contributed by atoms with Gasteiger partial charge in [-0.25, -0.2) is 9.78 Å². The number of H-pyrrole nitrogens is 1. The predicted octanol–water partition coefficient (Wildman–Crippen LogP) is 3.85. The van der Waals surface area contributed by atoms with Crippen LogP contribution in [0.3, 0.4) is 0 Å². The fourth-order valence-electron chi connectivity index (χ4n) is 4.02. The highest BCUT2D eigenvalue weighted by Gasteiger charge is 2.25. The minimum absolute atomic E-state index is 0.269. The second kappa shape index (κ2) is 9.59. The van der Waals surface area contributed by atoms with Crippen LogP contribution in [0, 0.1) is 0 Å². The maximum atomic E-state index is 13.1. The summed E-state index contributed by atoms with van der Waals surface area (Å²) >= 11 is 0. The Bertz CT molecular complexity index is 1280. The van der Waals surface area contributed by atoms with Gasteiger partial charge in [-0.3, -0.25) is 4.79 Å². The van der Waals surface area contributed by atoms with Crippen molar-refractivity contribution in [2.45, 2.75) is 45.3 Å². The van der Waals surface area contributed by atoms with E-state index in [0.29, 0.717) is 19.4 Å². The first-order valence-corrected chi connectivity index (χ1v) is 11.4. The van der Waals surface area contributed by atoms with Gasteiger partial charge < -0.3 is 24.9 Å². The summed E-state index contributed by atoms with van der Waals surface area (Å²) in [5.74, 6) is 0.530. The van der Waals surface area contributed by atoms with E-state index in [9.17, 15) is 9.59 Å². The number of nitrogens with one attached hydrogen (secondary N) is 3. The molecule has 1 atom stereocenters. The number of amides is 2. The molecule has 8 heteroatoms. The van der Waals surface area contributed by atoms with Gasteiger partial charge in [0.2, 0.25) is 5.91 Å². The minimum atomic E-state index is -0.781. The van der Waals surface area contributed by atoms with Crippen molar-refractivity contribution in [3.05, 3.63) is 66.1 Å². The minimum Gasteiger partial charge on any atom is -0.444 e. The highest BCUT2D eigenvalue weighted by molar-refractivity contribution is 5.88. The number of benzene rings is 2. The van der Waals surface area contributed by atoms with Crippen LogP contribution in [-0.4, -0.2) is 44.7 Å². The van der Waals surface area contributed by atoms with Gasteiger partial charge in [0.1, 0.15) is 17.5 Å². The lowest BCUT2D eigenvalue weighted by atomic mass is 10.0. The lowest BCUT2D eigenvalue weighted by Crippen LogP contribution is -2.49. The number of aromatic nitrogens is 3. The fraction of sp³-hybridized carbons (Fsp3) is 0.346. The summed E-state index contributed by atoms with van der Waals surface area (Å²) in [6.07, 6.45) is 2.27. The Hall–Kier alpha value is -3.81. The van der Waals surface area contributed by atoms with E-state index in [2.05, 4.69) is 20.6 Å². The van der Waals surface area contributed by atoms with E-state index in [0.717, 1.165) is 33.3 Å². The van der Waals surface area contributed by atoms with Gasteiger partial charge in [0.15, 0.2) is 0 Å². The maximum Gasteiger partial charge on any atom is 0.408 e. The SMILES string of the molecule is Cn1cc(CC(NC(=O)OC(C)(C)C)C(=O)NCCc2nc3ccccc3[nH]2)c2ccccc21. The second-order valence-corrected chi connectivity index (χ2v) is 9.43. The van der Waals surface area contributed by atoms with Crippen LogP contribution in [0.25, 0.3) is 21.9 Å². The summed E-state index contributed by atoms with van der Waals surface area (Å²) in [6, 6.07) is 15.0. The lowest BCUT2D eigenvalue weighted by molar-refractivity contribution is -0.123. The number of rotatable bonds is 7. The summed E-state index contributed by atoms with van der Waals surface area (Å²) in [4.78, 5) is 33.4. The first-order chi connectivity index (χ1) is 16.2. The molecule has 2 aromatic heterocycles. The third-order valence-electron chi connectivity index (χ3n) is 5.51. The molecule has 2 heterocycles. The van der Waals surface area contributed by atoms with Gasteiger partial charge in [-0.15, -0.1) is 0 Å². The quantitative estimate of drug-likeness (QED) is 0.389. The zero-order valence-electron chi connectivity index (χ0n) is 20.0. The van der Waals surface area contributed by atoms with Crippen molar-refractivity contribution in [3.8, 4) is 0 Å². The second-order valence-electron chi connectivity index (χ2n) is 9.43. The van der Waals surface area contributed by atoms with Gasteiger partial charge in [0.05, 0.1) is 11.0 Å². The van der Waals surface area contributed by atoms with Crippen LogP contribution in [0.1, 0.15) is 32.2 Å². The molecule has 178 valence electrons. The van der Waals surface area contributed by atoms with E-state index in [-0.39, 0.29) is 5.91 Å². The van der Waals surface area contributed by atoms with Crippen LogP contribution in [0.15, 0.2) is 54.7 Å². The van der Waals surface area contributed by atoms with Crippen molar-refractivity contribution < 1.29 is 14.3 Å². The summed E-state index contributed by atoms with van der Waals surface area (Å²) in [5.41, 5.74) is 3.24. The van der Waals surface area contributed by atoms with Gasteiger partial charge in [-0.1, -0.05) is 30.3 Å². The average molecular weight is 462 g/mol. The molecule has 2 aromatic carbocycles. The molecule has 0 aliphatic rings. The summed E-state index contributed by atoms with van der Waals surface area (Å²) in [7, 11) is 1.97. The third-order valence-corrected chi connectivity index (χ3v) is 5.51. The van der Waals surface area contributed by atoms with E-state index in [1.165, 1.54) is 0 Å². The van der Waals surface area contributed by atoms with Crippen LogP contribution in [0.5, 0.6) is 0 Å². The van der Waals surface area contributed by atoms with Gasteiger partial charge in [0.25, 0.3) is 0 Å². The van der Waals surface area contributed by atoms with Crippen molar-refractivity contribution in [1.29, 1.82) is 0 Å². The van der Waals surface area contributed by atoms with Crippen molar-refractivity contribution >= 4 is 33.9 Å². The number of aryl methyl sites for hydroxylation is 1. The number of aromatic amines is 1. The van der Waals surface area contributed by atoms with Crippen molar-refractivity contribution in [3.63, 3.8) is 0 Å². The largest absolute Gasteiger partial charge is 0.444 e. The van der Waals surface area contributed by atoms with Crippen LogP contribution < -0.4 is 10.6 Å². The van der Waals surface area contributed by atoms with Gasteiger partial charge in [-0.05, 0) is 44.5 Å². The monoisotopic (exact) mass is 461 g/mol. The number of carbonyl (C=O) groups is 2. The number of hydrogen-bond acceptors (Lipinski definition) is 4. The molecule has 0 radical (unpaired) electrons. The number of ether oxygens (including phenoxy) is 1. The van der Waals surface area contributed by atoms with Gasteiger partial charge >= 0.3 is 6.09 Å². The Morgan fingerprint density at radius 1 is 1.12 bits per heavy atom. The molecule has 1 unspecified atom stereocenters. The van der Waals surface area contributed by atoms with Crippen LogP contribution >= 0.6 is 0 Å². The third kappa shape index (κ3) is 5.57. The van der Waals surface area contributed by atoms with Gasteiger partial charge in [0, 0.05) is 43.5 Å². The molecule has 4 aromatic rings. The number of carbonyl (C=O) groups excluding carboxylic acids is 2. The molecule has 34 heavy (non-hydrogen) atoms. The zero-order chi connectivity index (χ0) is 24.3. The molecule has 0 saturated carbocycles. The Labute approximate surface area is 198 Å². The molecule has 0 fully saturated rings. The Balaban J connectivity index is 1.46. The smallest absolute Gasteiger partial charge is 0.408 e. The lowest BCUT2D eigenvalue weighted by Gasteiger charge is -2.23. The Kier molecular flexibility index (Phi) is 6.58. The molecule has 0 saturated heterocycles. The summed E-state index contributed by atoms with van der Waals surface area (Å²) in [6.45, 7) is 5.76. The fourth-order valence-corrected chi connectivity index (χ4v) is 4.02. The molecule has 4 rings (SSSR count). The molecule has 0 aliphatic carbocycles. The molecule has 0 aliphatic heterocycles. The number of imidazole rings is 1.